The molecule has 0 fully saturated rings. The molecule has 0 spiro atoms. The topological polar surface area (TPSA) is 94.5 Å². The Morgan fingerprint density at radius 1 is 1.04 bits per heavy atom. The minimum Gasteiger partial charge on any atom is -0.873 e. The van der Waals surface area contributed by atoms with Gasteiger partial charge in [-0.05, 0) is 30.6 Å². The molecule has 0 amide bonds. The van der Waals surface area contributed by atoms with Gasteiger partial charge in [-0.15, -0.1) is 0 Å². The second kappa shape index (κ2) is 11.4. The first-order chi connectivity index (χ1) is 11.9. The molecule has 27 heavy (non-hydrogen) atoms. The van der Waals surface area contributed by atoms with E-state index in [9.17, 15) is 24.6 Å². The van der Waals surface area contributed by atoms with Crippen molar-refractivity contribution < 1.29 is 76.0 Å². The Labute approximate surface area is 205 Å². The zero-order valence-corrected chi connectivity index (χ0v) is 21.0. The monoisotopic (exact) mass is 404 g/mol. The third-order valence-corrected chi connectivity index (χ3v) is 4.92. The summed E-state index contributed by atoms with van der Waals surface area (Å²) in [5.74, 6) is -3.49. The van der Waals surface area contributed by atoms with Gasteiger partial charge in [0.1, 0.15) is 5.60 Å². The number of rotatable bonds is 10. The molecule has 0 saturated carbocycles. The predicted molar refractivity (Wildman–Crippen MR) is 98.1 cm³/mol. The van der Waals surface area contributed by atoms with E-state index in [-0.39, 0.29) is 88.4 Å². The number of ketones is 3. The number of carbonyl (C=O) groups is 3. The van der Waals surface area contributed by atoms with E-state index in [1.54, 1.807) is 0 Å². The summed E-state index contributed by atoms with van der Waals surface area (Å²) in [4.78, 5) is 38.0. The molecular formula is C21H33KO5. The van der Waals surface area contributed by atoms with Crippen LogP contribution in [0.25, 0.3) is 0 Å². The third-order valence-electron chi connectivity index (χ3n) is 4.92. The average Bonchev–Trinajstić information content (AvgIpc) is 2.69. The third kappa shape index (κ3) is 6.58. The fraction of sp³-hybridized carbons (Fsp3) is 0.762. The molecule has 0 aromatic rings. The Hall–Kier alpha value is 0.146. The van der Waals surface area contributed by atoms with Crippen molar-refractivity contribution in [3.63, 3.8) is 0 Å². The number of carbonyl (C=O) groups excluding carboxylic acids is 3. The van der Waals surface area contributed by atoms with Gasteiger partial charge in [0, 0.05) is 12.8 Å². The van der Waals surface area contributed by atoms with Crippen LogP contribution in [-0.2, 0) is 14.4 Å². The molecule has 0 aromatic carbocycles. The van der Waals surface area contributed by atoms with Crippen LogP contribution in [0.5, 0.6) is 0 Å². The van der Waals surface area contributed by atoms with E-state index in [1.165, 1.54) is 0 Å². The largest absolute Gasteiger partial charge is 1.00 e. The predicted octanol–water partition coefficient (Wildman–Crippen LogP) is -0.408. The minimum atomic E-state index is -2.37. The van der Waals surface area contributed by atoms with Crippen molar-refractivity contribution in [3.8, 4) is 0 Å². The quantitative estimate of drug-likeness (QED) is 0.395. The summed E-state index contributed by atoms with van der Waals surface area (Å²) in [7, 11) is 0. The molecule has 1 rings (SSSR count). The molecule has 2 unspecified atom stereocenters. The number of allylic oxidation sites excluding steroid dienone is 1. The standard InChI is InChI=1S/C21H34O5.K/c1-12(2)7-9-15-19(24)18(16(22)11-14(5)6)20(25)21(15,26)17(23)10-8-13(3)4;/h12-15,25-26H,7-11H2,1-6H3;/q;+1/p-1. The fourth-order valence-corrected chi connectivity index (χ4v) is 3.33. The molecule has 2 atom stereocenters. The SMILES string of the molecule is CC(C)CCC(=O)C1(O)C([O-])=C(C(=O)CC(C)C)C(=O)C1CCC(C)C.[K+]. The molecule has 1 aliphatic carbocycles. The normalized spacial score (nSPS) is 22.7. The van der Waals surface area contributed by atoms with Gasteiger partial charge in [-0.1, -0.05) is 53.7 Å². The van der Waals surface area contributed by atoms with Gasteiger partial charge < -0.3 is 10.2 Å². The summed E-state index contributed by atoms with van der Waals surface area (Å²) in [5, 5.41) is 23.9. The molecule has 5 nitrogen and oxygen atoms in total. The summed E-state index contributed by atoms with van der Waals surface area (Å²) in [6.45, 7) is 11.5. The van der Waals surface area contributed by atoms with Crippen molar-refractivity contribution in [1.29, 1.82) is 0 Å². The van der Waals surface area contributed by atoms with Crippen molar-refractivity contribution >= 4 is 17.3 Å². The molecule has 1 N–H and O–H groups in total. The molecule has 148 valence electrons. The maximum atomic E-state index is 12.9. The Morgan fingerprint density at radius 2 is 1.56 bits per heavy atom. The van der Waals surface area contributed by atoms with Crippen LogP contribution in [-0.4, -0.2) is 28.1 Å². The van der Waals surface area contributed by atoms with Gasteiger partial charge in [-0.2, -0.15) is 0 Å². The van der Waals surface area contributed by atoms with Crippen LogP contribution in [0.4, 0.5) is 0 Å². The summed E-state index contributed by atoms with van der Waals surface area (Å²) in [6, 6.07) is 0. The zero-order valence-electron chi connectivity index (χ0n) is 17.9. The second-order valence-electron chi connectivity index (χ2n) is 8.74. The van der Waals surface area contributed by atoms with Gasteiger partial charge in [0.25, 0.3) is 0 Å². The zero-order chi connectivity index (χ0) is 20.2. The molecule has 6 heteroatoms. The maximum absolute atomic E-state index is 12.9. The molecule has 0 saturated heterocycles. The molecule has 0 aliphatic heterocycles. The van der Waals surface area contributed by atoms with Crippen LogP contribution >= 0.6 is 0 Å². The van der Waals surface area contributed by atoms with Crippen molar-refractivity contribution in [2.75, 3.05) is 0 Å². The Kier molecular flexibility index (Phi) is 11.4. The molecule has 0 aromatic heterocycles. The number of Topliss-reactive ketones (excluding diaryl/α,β-unsaturated/α-hetero) is 3. The van der Waals surface area contributed by atoms with E-state index in [1.807, 2.05) is 41.5 Å². The fourth-order valence-electron chi connectivity index (χ4n) is 3.33. The number of hydrogen-bond donors (Lipinski definition) is 1. The summed E-state index contributed by atoms with van der Waals surface area (Å²) < 4.78 is 0. The van der Waals surface area contributed by atoms with Gasteiger partial charge in [-0.25, -0.2) is 0 Å². The first-order valence-corrected chi connectivity index (χ1v) is 9.67. The van der Waals surface area contributed by atoms with Gasteiger partial charge in [-0.3, -0.25) is 14.4 Å². The van der Waals surface area contributed by atoms with E-state index in [2.05, 4.69) is 0 Å². The van der Waals surface area contributed by atoms with E-state index in [0.717, 1.165) is 0 Å². The maximum Gasteiger partial charge on any atom is 1.00 e. The van der Waals surface area contributed by atoms with Crippen LogP contribution < -0.4 is 56.5 Å². The van der Waals surface area contributed by atoms with Crippen molar-refractivity contribution in [2.24, 2.45) is 23.7 Å². The van der Waals surface area contributed by atoms with Crippen molar-refractivity contribution in [2.45, 2.75) is 79.2 Å². The molecule has 1 aliphatic rings. The first-order valence-electron chi connectivity index (χ1n) is 9.67. The van der Waals surface area contributed by atoms with Crippen molar-refractivity contribution in [3.05, 3.63) is 11.3 Å². The molecular weight excluding hydrogens is 371 g/mol. The molecule has 0 heterocycles. The first kappa shape index (κ1) is 27.1. The molecule has 0 radical (unpaired) electrons. The van der Waals surface area contributed by atoms with Crippen molar-refractivity contribution in [1.82, 2.24) is 0 Å². The second-order valence-corrected chi connectivity index (χ2v) is 8.74. The van der Waals surface area contributed by atoms with Crippen LogP contribution in [0.2, 0.25) is 0 Å². The summed E-state index contributed by atoms with van der Waals surface area (Å²) in [5.41, 5.74) is -2.85. The smallest absolute Gasteiger partial charge is 0.873 e. The Balaban J connectivity index is 0.00000676. The van der Waals surface area contributed by atoms with Gasteiger partial charge in [0.2, 0.25) is 0 Å². The van der Waals surface area contributed by atoms with E-state index < -0.39 is 40.2 Å². The van der Waals surface area contributed by atoms with E-state index in [0.29, 0.717) is 12.8 Å². The van der Waals surface area contributed by atoms with Gasteiger partial charge >= 0.3 is 51.4 Å². The van der Waals surface area contributed by atoms with Gasteiger partial charge in [0.15, 0.2) is 17.3 Å². The molecule has 0 bridgehead atoms. The van der Waals surface area contributed by atoms with Gasteiger partial charge in [0.05, 0.1) is 11.5 Å². The summed E-state index contributed by atoms with van der Waals surface area (Å²) >= 11 is 0. The van der Waals surface area contributed by atoms with Crippen LogP contribution in [0.3, 0.4) is 0 Å². The van der Waals surface area contributed by atoms with Crippen LogP contribution in [0.15, 0.2) is 11.3 Å². The van der Waals surface area contributed by atoms with Crippen LogP contribution in [0.1, 0.15) is 73.6 Å². The Morgan fingerprint density at radius 3 is 2.00 bits per heavy atom. The number of hydrogen-bond acceptors (Lipinski definition) is 5. The summed E-state index contributed by atoms with van der Waals surface area (Å²) in [6.07, 6.45) is 1.42. The average molecular weight is 405 g/mol. The van der Waals surface area contributed by atoms with E-state index >= 15 is 0 Å². The Bertz CT molecular complexity index is 591. The van der Waals surface area contributed by atoms with Crippen LogP contribution in [0, 0.1) is 23.7 Å². The van der Waals surface area contributed by atoms with E-state index in [4.69, 9.17) is 0 Å². The number of aliphatic hydroxyl groups is 1. The minimum absolute atomic E-state index is 0.